The fourth-order valence-corrected chi connectivity index (χ4v) is 2.69. The summed E-state index contributed by atoms with van der Waals surface area (Å²) >= 11 is 6.01. The van der Waals surface area contributed by atoms with Gasteiger partial charge < -0.3 is 10.2 Å². The molecule has 0 aliphatic carbocycles. The molecule has 1 heterocycles. The van der Waals surface area contributed by atoms with Gasteiger partial charge in [0.25, 0.3) is 0 Å². The molecular formula is C14H20ClFN2. The summed E-state index contributed by atoms with van der Waals surface area (Å²) in [7, 11) is 0. The Hall–Kier alpha value is -0.640. The molecule has 1 atom stereocenters. The van der Waals surface area contributed by atoms with Crippen molar-refractivity contribution in [1.82, 2.24) is 10.2 Å². The van der Waals surface area contributed by atoms with Crippen LogP contribution in [-0.4, -0.2) is 30.6 Å². The Balaban J connectivity index is 1.91. The summed E-state index contributed by atoms with van der Waals surface area (Å²) in [6, 6.07) is 5.28. The highest BCUT2D eigenvalue weighted by Crippen LogP contribution is 2.19. The van der Waals surface area contributed by atoms with Gasteiger partial charge >= 0.3 is 0 Å². The third-order valence-corrected chi connectivity index (χ3v) is 3.94. The molecule has 1 aliphatic rings. The number of hydrogen-bond donors (Lipinski definition) is 1. The molecule has 100 valence electrons. The molecule has 0 bridgehead atoms. The Morgan fingerprint density at radius 1 is 1.50 bits per heavy atom. The predicted octanol–water partition coefficient (Wildman–Crippen LogP) is 3.05. The van der Waals surface area contributed by atoms with Crippen LogP contribution in [-0.2, 0) is 6.54 Å². The highest BCUT2D eigenvalue weighted by molar-refractivity contribution is 6.31. The van der Waals surface area contributed by atoms with Crippen LogP contribution in [0.2, 0.25) is 5.02 Å². The number of nitrogens with zero attached hydrogens (tertiary/aromatic N) is 1. The standard InChI is InChI=1S/C14H20ClFN2/c1-2-18-8-4-5-11(10-18)17-9-12-13(15)6-3-7-14(12)16/h3,6-7,11,17H,2,4-5,8-10H2,1H3. The Labute approximate surface area is 113 Å². The van der Waals surface area contributed by atoms with Gasteiger partial charge in [0.2, 0.25) is 0 Å². The summed E-state index contributed by atoms with van der Waals surface area (Å²) in [5, 5.41) is 3.92. The number of likely N-dealkylation sites (tertiary alicyclic amines) is 1. The number of likely N-dealkylation sites (N-methyl/N-ethyl adjacent to an activating group) is 1. The SMILES string of the molecule is CCN1CCCC(NCc2c(F)cccc2Cl)C1. The summed E-state index contributed by atoms with van der Waals surface area (Å²) in [5.74, 6) is -0.224. The summed E-state index contributed by atoms with van der Waals surface area (Å²) in [6.45, 7) is 5.99. The van der Waals surface area contributed by atoms with E-state index >= 15 is 0 Å². The molecule has 1 aliphatic heterocycles. The average molecular weight is 271 g/mol. The van der Waals surface area contributed by atoms with Crippen molar-refractivity contribution in [2.75, 3.05) is 19.6 Å². The van der Waals surface area contributed by atoms with Gasteiger partial charge in [0.05, 0.1) is 0 Å². The van der Waals surface area contributed by atoms with Gasteiger partial charge in [0.15, 0.2) is 0 Å². The molecule has 0 radical (unpaired) electrons. The lowest BCUT2D eigenvalue weighted by Crippen LogP contribution is -2.45. The molecule has 1 fully saturated rings. The summed E-state index contributed by atoms with van der Waals surface area (Å²) < 4.78 is 13.6. The number of hydrogen-bond acceptors (Lipinski definition) is 2. The van der Waals surface area contributed by atoms with Crippen LogP contribution >= 0.6 is 11.6 Å². The first-order valence-electron chi connectivity index (χ1n) is 6.59. The molecule has 0 aromatic heterocycles. The average Bonchev–Trinajstić information content (AvgIpc) is 2.38. The Bertz CT molecular complexity index is 377. The summed E-state index contributed by atoms with van der Waals surface area (Å²) in [5.41, 5.74) is 0.577. The molecule has 1 N–H and O–H groups in total. The van der Waals surface area contributed by atoms with E-state index in [2.05, 4.69) is 17.1 Å². The minimum Gasteiger partial charge on any atom is -0.308 e. The van der Waals surface area contributed by atoms with Gasteiger partial charge in [0, 0.05) is 29.7 Å². The van der Waals surface area contributed by atoms with Crippen LogP contribution in [0.15, 0.2) is 18.2 Å². The Kier molecular flexibility index (Phi) is 4.98. The first-order valence-corrected chi connectivity index (χ1v) is 6.97. The Morgan fingerprint density at radius 2 is 2.33 bits per heavy atom. The van der Waals surface area contributed by atoms with Crippen LogP contribution < -0.4 is 5.32 Å². The maximum absolute atomic E-state index is 13.6. The second-order valence-electron chi connectivity index (χ2n) is 4.81. The molecule has 4 heteroatoms. The van der Waals surface area contributed by atoms with Crippen molar-refractivity contribution in [2.24, 2.45) is 0 Å². The van der Waals surface area contributed by atoms with Gasteiger partial charge in [0.1, 0.15) is 5.82 Å². The molecule has 1 unspecified atom stereocenters. The van der Waals surface area contributed by atoms with E-state index in [1.807, 2.05) is 0 Å². The predicted molar refractivity (Wildman–Crippen MR) is 73.4 cm³/mol. The monoisotopic (exact) mass is 270 g/mol. The quantitative estimate of drug-likeness (QED) is 0.905. The van der Waals surface area contributed by atoms with Gasteiger partial charge in [-0.3, -0.25) is 0 Å². The van der Waals surface area contributed by atoms with Gasteiger partial charge in [-0.05, 0) is 38.1 Å². The van der Waals surface area contributed by atoms with E-state index in [0.29, 0.717) is 23.2 Å². The largest absolute Gasteiger partial charge is 0.308 e. The van der Waals surface area contributed by atoms with Crippen molar-refractivity contribution < 1.29 is 4.39 Å². The molecule has 1 aromatic rings. The molecule has 0 spiro atoms. The topological polar surface area (TPSA) is 15.3 Å². The van der Waals surface area contributed by atoms with Crippen molar-refractivity contribution in [2.45, 2.75) is 32.4 Å². The smallest absolute Gasteiger partial charge is 0.129 e. The van der Waals surface area contributed by atoms with Crippen molar-refractivity contribution in [3.8, 4) is 0 Å². The van der Waals surface area contributed by atoms with Gasteiger partial charge in [-0.15, -0.1) is 0 Å². The molecular weight excluding hydrogens is 251 g/mol. The van der Waals surface area contributed by atoms with Crippen LogP contribution in [0.4, 0.5) is 4.39 Å². The summed E-state index contributed by atoms with van der Waals surface area (Å²) in [4.78, 5) is 2.42. The summed E-state index contributed by atoms with van der Waals surface area (Å²) in [6.07, 6.45) is 2.36. The van der Waals surface area contributed by atoms with E-state index in [9.17, 15) is 4.39 Å². The minimum atomic E-state index is -0.224. The fourth-order valence-electron chi connectivity index (χ4n) is 2.46. The van der Waals surface area contributed by atoms with Crippen molar-refractivity contribution in [3.05, 3.63) is 34.6 Å². The number of piperidine rings is 1. The van der Waals surface area contributed by atoms with Crippen LogP contribution in [0.25, 0.3) is 0 Å². The van der Waals surface area contributed by atoms with Crippen LogP contribution in [0.3, 0.4) is 0 Å². The maximum atomic E-state index is 13.6. The second kappa shape index (κ2) is 6.50. The van der Waals surface area contributed by atoms with E-state index in [1.165, 1.54) is 19.0 Å². The molecule has 2 rings (SSSR count). The van der Waals surface area contributed by atoms with Gasteiger partial charge in [-0.1, -0.05) is 24.6 Å². The highest BCUT2D eigenvalue weighted by Gasteiger charge is 2.18. The number of rotatable bonds is 4. The zero-order valence-electron chi connectivity index (χ0n) is 10.8. The van der Waals surface area contributed by atoms with Crippen LogP contribution in [0.5, 0.6) is 0 Å². The van der Waals surface area contributed by atoms with Crippen molar-refractivity contribution in [1.29, 1.82) is 0 Å². The highest BCUT2D eigenvalue weighted by atomic mass is 35.5. The van der Waals surface area contributed by atoms with E-state index in [4.69, 9.17) is 11.6 Å². The fraction of sp³-hybridized carbons (Fsp3) is 0.571. The lowest BCUT2D eigenvalue weighted by atomic mass is 10.1. The zero-order chi connectivity index (χ0) is 13.0. The van der Waals surface area contributed by atoms with E-state index in [-0.39, 0.29) is 5.82 Å². The molecule has 0 saturated carbocycles. The molecule has 0 amide bonds. The van der Waals surface area contributed by atoms with Gasteiger partial charge in [-0.2, -0.15) is 0 Å². The molecule has 2 nitrogen and oxygen atoms in total. The maximum Gasteiger partial charge on any atom is 0.129 e. The van der Waals surface area contributed by atoms with E-state index in [0.717, 1.165) is 19.5 Å². The van der Waals surface area contributed by atoms with E-state index < -0.39 is 0 Å². The third-order valence-electron chi connectivity index (χ3n) is 3.58. The first-order chi connectivity index (χ1) is 8.70. The number of halogens is 2. The normalized spacial score (nSPS) is 21.2. The molecule has 18 heavy (non-hydrogen) atoms. The van der Waals surface area contributed by atoms with Crippen molar-refractivity contribution in [3.63, 3.8) is 0 Å². The van der Waals surface area contributed by atoms with E-state index in [1.54, 1.807) is 12.1 Å². The lowest BCUT2D eigenvalue weighted by molar-refractivity contribution is 0.198. The number of nitrogens with one attached hydrogen (secondary N) is 1. The van der Waals surface area contributed by atoms with Crippen LogP contribution in [0, 0.1) is 5.82 Å². The van der Waals surface area contributed by atoms with Crippen LogP contribution in [0.1, 0.15) is 25.3 Å². The minimum absolute atomic E-state index is 0.224. The lowest BCUT2D eigenvalue weighted by Gasteiger charge is -2.32. The first kappa shape index (κ1) is 13.8. The molecule has 1 saturated heterocycles. The van der Waals surface area contributed by atoms with Gasteiger partial charge in [-0.25, -0.2) is 4.39 Å². The molecule has 1 aromatic carbocycles. The third kappa shape index (κ3) is 3.44. The second-order valence-corrected chi connectivity index (χ2v) is 5.22. The Morgan fingerprint density at radius 3 is 3.06 bits per heavy atom. The number of benzene rings is 1. The van der Waals surface area contributed by atoms with Crippen molar-refractivity contribution >= 4 is 11.6 Å². The zero-order valence-corrected chi connectivity index (χ0v) is 11.5.